The summed E-state index contributed by atoms with van der Waals surface area (Å²) in [7, 11) is 0. The molecule has 1 spiro atoms. The van der Waals surface area contributed by atoms with Gasteiger partial charge in [-0.25, -0.2) is 0 Å². The van der Waals surface area contributed by atoms with Crippen molar-refractivity contribution in [3.63, 3.8) is 0 Å². The van der Waals surface area contributed by atoms with Crippen LogP contribution in [0.2, 0.25) is 0 Å². The monoisotopic (exact) mass is 259 g/mol. The van der Waals surface area contributed by atoms with E-state index < -0.39 is 5.79 Å². The molecular weight excluding hydrogens is 242 g/mol. The zero-order chi connectivity index (χ0) is 13.3. The SMILES string of the molecule is N#Cc1cc(N)ccc1N1CCCC2(C1)OCCO2. The molecule has 1 aromatic carbocycles. The molecule has 100 valence electrons. The number of nitrogens with two attached hydrogens (primary N) is 1. The van der Waals surface area contributed by atoms with Crippen LogP contribution >= 0.6 is 0 Å². The number of hydrogen-bond donors (Lipinski definition) is 1. The summed E-state index contributed by atoms with van der Waals surface area (Å²) in [5.74, 6) is -0.480. The molecule has 3 rings (SSSR count). The Morgan fingerprint density at radius 3 is 2.84 bits per heavy atom. The molecule has 0 bridgehead atoms. The number of nitrogen functional groups attached to an aromatic ring is 1. The molecule has 0 radical (unpaired) electrons. The van der Waals surface area contributed by atoms with Crippen LogP contribution in [0.4, 0.5) is 11.4 Å². The Hall–Kier alpha value is -1.77. The van der Waals surface area contributed by atoms with Crippen LogP contribution < -0.4 is 10.6 Å². The topological polar surface area (TPSA) is 71.5 Å². The molecule has 0 atom stereocenters. The zero-order valence-corrected chi connectivity index (χ0v) is 10.8. The Labute approximate surface area is 112 Å². The van der Waals surface area contributed by atoms with E-state index in [1.807, 2.05) is 12.1 Å². The van der Waals surface area contributed by atoms with Crippen LogP contribution in [0, 0.1) is 11.3 Å². The van der Waals surface area contributed by atoms with E-state index >= 15 is 0 Å². The Bertz CT molecular complexity index is 518. The predicted molar refractivity (Wildman–Crippen MR) is 71.7 cm³/mol. The summed E-state index contributed by atoms with van der Waals surface area (Å²) in [5, 5.41) is 9.24. The van der Waals surface area contributed by atoms with Crippen molar-refractivity contribution in [1.82, 2.24) is 0 Å². The molecule has 2 saturated heterocycles. The molecule has 2 aliphatic rings. The minimum atomic E-state index is -0.480. The number of piperidine rings is 1. The minimum absolute atomic E-state index is 0.480. The van der Waals surface area contributed by atoms with E-state index in [0.29, 0.717) is 31.0 Å². The van der Waals surface area contributed by atoms with Crippen LogP contribution in [-0.4, -0.2) is 32.1 Å². The van der Waals surface area contributed by atoms with Crippen molar-refractivity contribution in [3.8, 4) is 6.07 Å². The fourth-order valence-corrected chi connectivity index (χ4v) is 2.85. The van der Waals surface area contributed by atoms with Gasteiger partial charge in [0.05, 0.1) is 31.0 Å². The van der Waals surface area contributed by atoms with Gasteiger partial charge in [0.15, 0.2) is 5.79 Å². The minimum Gasteiger partial charge on any atom is -0.399 e. The van der Waals surface area contributed by atoms with Gasteiger partial charge in [-0.3, -0.25) is 0 Å². The van der Waals surface area contributed by atoms with E-state index in [4.69, 9.17) is 15.2 Å². The molecule has 0 unspecified atom stereocenters. The van der Waals surface area contributed by atoms with Crippen molar-refractivity contribution < 1.29 is 9.47 Å². The summed E-state index contributed by atoms with van der Waals surface area (Å²) in [5.41, 5.74) is 7.86. The van der Waals surface area contributed by atoms with Gasteiger partial charge in [-0.15, -0.1) is 0 Å². The fraction of sp³-hybridized carbons (Fsp3) is 0.500. The highest BCUT2D eigenvalue weighted by Gasteiger charge is 2.41. The molecule has 0 saturated carbocycles. The second-order valence-corrected chi connectivity index (χ2v) is 5.02. The molecular formula is C14H17N3O2. The Balaban J connectivity index is 1.88. The van der Waals surface area contributed by atoms with E-state index in [-0.39, 0.29) is 0 Å². The summed E-state index contributed by atoms with van der Waals surface area (Å²) < 4.78 is 11.5. The summed E-state index contributed by atoms with van der Waals surface area (Å²) >= 11 is 0. The summed E-state index contributed by atoms with van der Waals surface area (Å²) in [6.07, 6.45) is 1.91. The molecule has 2 aliphatic heterocycles. The average molecular weight is 259 g/mol. The van der Waals surface area contributed by atoms with Crippen molar-refractivity contribution in [1.29, 1.82) is 5.26 Å². The molecule has 5 nitrogen and oxygen atoms in total. The number of anilines is 2. The maximum Gasteiger partial charge on any atom is 0.186 e. The van der Waals surface area contributed by atoms with Crippen LogP contribution in [0.15, 0.2) is 18.2 Å². The highest BCUT2D eigenvalue weighted by molar-refractivity contribution is 5.64. The lowest BCUT2D eigenvalue weighted by Gasteiger charge is -2.40. The van der Waals surface area contributed by atoms with Gasteiger partial charge in [0.1, 0.15) is 6.07 Å². The normalized spacial score (nSPS) is 21.5. The predicted octanol–water partition coefficient (Wildman–Crippen LogP) is 1.48. The van der Waals surface area contributed by atoms with Crippen LogP contribution in [0.25, 0.3) is 0 Å². The zero-order valence-electron chi connectivity index (χ0n) is 10.8. The van der Waals surface area contributed by atoms with Crippen LogP contribution in [0.1, 0.15) is 18.4 Å². The molecule has 5 heteroatoms. The van der Waals surface area contributed by atoms with Gasteiger partial charge in [-0.1, -0.05) is 0 Å². The molecule has 0 amide bonds. The second kappa shape index (κ2) is 4.72. The fourth-order valence-electron chi connectivity index (χ4n) is 2.85. The first kappa shape index (κ1) is 12.3. The van der Waals surface area contributed by atoms with Gasteiger partial charge in [0.25, 0.3) is 0 Å². The number of benzene rings is 1. The van der Waals surface area contributed by atoms with Gasteiger partial charge in [0, 0.05) is 18.7 Å². The number of hydrogen-bond acceptors (Lipinski definition) is 5. The van der Waals surface area contributed by atoms with Crippen LogP contribution in [-0.2, 0) is 9.47 Å². The van der Waals surface area contributed by atoms with Crippen LogP contribution in [0.5, 0.6) is 0 Å². The summed E-state index contributed by atoms with van der Waals surface area (Å²) in [6.45, 7) is 2.89. The van der Waals surface area contributed by atoms with E-state index in [1.165, 1.54) is 0 Å². The van der Waals surface area contributed by atoms with E-state index in [0.717, 1.165) is 25.1 Å². The van der Waals surface area contributed by atoms with Crippen molar-refractivity contribution in [2.75, 3.05) is 36.9 Å². The van der Waals surface area contributed by atoms with Gasteiger partial charge in [-0.2, -0.15) is 5.26 Å². The first-order valence-electron chi connectivity index (χ1n) is 6.55. The quantitative estimate of drug-likeness (QED) is 0.773. The van der Waals surface area contributed by atoms with Gasteiger partial charge in [0.2, 0.25) is 0 Å². The van der Waals surface area contributed by atoms with Gasteiger partial charge in [-0.05, 0) is 24.6 Å². The Kier molecular flexibility index (Phi) is 3.05. The lowest BCUT2D eigenvalue weighted by Crippen LogP contribution is -2.49. The van der Waals surface area contributed by atoms with E-state index in [1.54, 1.807) is 6.07 Å². The van der Waals surface area contributed by atoms with Crippen LogP contribution in [0.3, 0.4) is 0 Å². The molecule has 19 heavy (non-hydrogen) atoms. The third kappa shape index (κ3) is 2.25. The maximum atomic E-state index is 9.24. The highest BCUT2D eigenvalue weighted by atomic mass is 16.7. The van der Waals surface area contributed by atoms with E-state index in [9.17, 15) is 5.26 Å². The van der Waals surface area contributed by atoms with E-state index in [2.05, 4.69) is 11.0 Å². The third-order valence-electron chi connectivity index (χ3n) is 3.71. The molecule has 1 aromatic rings. The standard InChI is InChI=1S/C14H17N3O2/c15-9-11-8-12(16)2-3-13(11)17-5-1-4-14(10-17)18-6-7-19-14/h2-3,8H,1,4-7,10,16H2. The highest BCUT2D eigenvalue weighted by Crippen LogP contribution is 2.34. The Morgan fingerprint density at radius 1 is 1.32 bits per heavy atom. The summed E-state index contributed by atoms with van der Waals surface area (Å²) in [4.78, 5) is 2.16. The van der Waals surface area contributed by atoms with Crippen molar-refractivity contribution in [2.24, 2.45) is 0 Å². The largest absolute Gasteiger partial charge is 0.399 e. The first-order valence-corrected chi connectivity index (χ1v) is 6.55. The molecule has 2 heterocycles. The first-order chi connectivity index (χ1) is 9.22. The molecule has 2 N–H and O–H groups in total. The lowest BCUT2D eigenvalue weighted by molar-refractivity contribution is -0.161. The number of rotatable bonds is 1. The third-order valence-corrected chi connectivity index (χ3v) is 3.71. The smallest absolute Gasteiger partial charge is 0.186 e. The molecule has 0 aromatic heterocycles. The van der Waals surface area contributed by atoms with Crippen molar-refractivity contribution in [3.05, 3.63) is 23.8 Å². The summed E-state index contributed by atoms with van der Waals surface area (Å²) in [6, 6.07) is 7.66. The van der Waals surface area contributed by atoms with Crippen molar-refractivity contribution >= 4 is 11.4 Å². The molecule has 0 aliphatic carbocycles. The Morgan fingerprint density at radius 2 is 2.11 bits per heavy atom. The van der Waals surface area contributed by atoms with Crippen molar-refractivity contribution in [2.45, 2.75) is 18.6 Å². The van der Waals surface area contributed by atoms with Gasteiger partial charge < -0.3 is 20.1 Å². The maximum absolute atomic E-state index is 9.24. The molecule has 2 fully saturated rings. The number of nitrogens with zero attached hydrogens (tertiary/aromatic N) is 2. The lowest BCUT2D eigenvalue weighted by atomic mass is 10.0. The average Bonchev–Trinajstić information content (AvgIpc) is 2.86. The number of ether oxygens (including phenoxy) is 2. The second-order valence-electron chi connectivity index (χ2n) is 5.02. The van der Waals surface area contributed by atoms with Gasteiger partial charge >= 0.3 is 0 Å². The number of nitriles is 1.